The van der Waals surface area contributed by atoms with Crippen LogP contribution in [0.3, 0.4) is 0 Å². The number of carbonyl (C=O) groups is 2. The molecule has 1 amide bonds. The van der Waals surface area contributed by atoms with E-state index in [0.29, 0.717) is 11.0 Å². The Balaban J connectivity index is 2.63. The second-order valence-corrected chi connectivity index (χ2v) is 3.44. The molecule has 0 aliphatic carbocycles. The van der Waals surface area contributed by atoms with Crippen molar-refractivity contribution in [1.29, 1.82) is 0 Å². The van der Waals surface area contributed by atoms with E-state index in [2.05, 4.69) is 4.74 Å². The first-order chi connectivity index (χ1) is 8.02. The van der Waals surface area contributed by atoms with Crippen LogP contribution in [0.5, 0.6) is 0 Å². The Bertz CT molecular complexity index is 615. The zero-order valence-electron chi connectivity index (χ0n) is 9.02. The fourth-order valence-corrected chi connectivity index (χ4v) is 1.51. The van der Waals surface area contributed by atoms with E-state index in [1.807, 2.05) is 0 Å². The van der Waals surface area contributed by atoms with Gasteiger partial charge in [0.15, 0.2) is 5.76 Å². The van der Waals surface area contributed by atoms with Crippen LogP contribution in [0.4, 0.5) is 5.69 Å². The summed E-state index contributed by atoms with van der Waals surface area (Å²) in [5.74, 6) is -1.23. The van der Waals surface area contributed by atoms with Crippen LogP contribution in [0.15, 0.2) is 22.6 Å². The Morgan fingerprint density at radius 1 is 1.29 bits per heavy atom. The highest BCUT2D eigenvalue weighted by Crippen LogP contribution is 2.25. The number of ether oxygens (including phenoxy) is 1. The molecule has 6 nitrogen and oxygen atoms in total. The summed E-state index contributed by atoms with van der Waals surface area (Å²) in [6.07, 6.45) is 0. The molecule has 1 heterocycles. The molecule has 2 aromatic rings. The molecule has 0 atom stereocenters. The lowest BCUT2D eigenvalue weighted by atomic mass is 10.1. The van der Waals surface area contributed by atoms with E-state index >= 15 is 0 Å². The summed E-state index contributed by atoms with van der Waals surface area (Å²) in [7, 11) is 1.25. The maximum absolute atomic E-state index is 11.4. The normalized spacial score (nSPS) is 10.4. The number of benzene rings is 1. The lowest BCUT2D eigenvalue weighted by molar-refractivity contribution is 0.0602. The van der Waals surface area contributed by atoms with Gasteiger partial charge in [-0.15, -0.1) is 0 Å². The molecule has 0 aliphatic heterocycles. The molecule has 6 heteroatoms. The molecule has 0 unspecified atom stereocenters. The molecule has 1 aromatic heterocycles. The third-order valence-electron chi connectivity index (χ3n) is 2.34. The number of anilines is 1. The molecule has 0 aliphatic rings. The molecule has 4 N–H and O–H groups in total. The summed E-state index contributed by atoms with van der Waals surface area (Å²) in [5.41, 5.74) is 11.6. The number of hydrogen-bond acceptors (Lipinski definition) is 5. The van der Waals surface area contributed by atoms with Gasteiger partial charge in [0.25, 0.3) is 5.91 Å². The highest BCUT2D eigenvalue weighted by atomic mass is 16.5. The van der Waals surface area contributed by atoms with Crippen LogP contribution < -0.4 is 11.5 Å². The Labute approximate surface area is 96.1 Å². The third-order valence-corrected chi connectivity index (χ3v) is 2.34. The average Bonchev–Trinajstić information content (AvgIpc) is 2.69. The summed E-state index contributed by atoms with van der Waals surface area (Å²) >= 11 is 0. The number of methoxy groups -OCH3 is 1. The molecule has 0 bridgehead atoms. The zero-order chi connectivity index (χ0) is 12.6. The number of rotatable bonds is 2. The van der Waals surface area contributed by atoms with Crippen molar-refractivity contribution < 1.29 is 18.7 Å². The smallest absolute Gasteiger partial charge is 0.340 e. The fraction of sp³-hybridized carbons (Fsp3) is 0.0909. The average molecular weight is 234 g/mol. The number of furan rings is 1. The molecule has 0 saturated carbocycles. The summed E-state index contributed by atoms with van der Waals surface area (Å²) < 4.78 is 9.75. The van der Waals surface area contributed by atoms with Crippen molar-refractivity contribution in [2.75, 3.05) is 12.8 Å². The summed E-state index contributed by atoms with van der Waals surface area (Å²) in [6, 6.07) is 4.41. The van der Waals surface area contributed by atoms with Gasteiger partial charge in [-0.25, -0.2) is 4.79 Å². The molecule has 0 spiro atoms. The molecule has 0 radical (unpaired) electrons. The largest absolute Gasteiger partial charge is 0.465 e. The predicted molar refractivity (Wildman–Crippen MR) is 60.5 cm³/mol. The number of esters is 1. The molecule has 0 saturated heterocycles. The second kappa shape index (κ2) is 3.82. The van der Waals surface area contributed by atoms with E-state index in [4.69, 9.17) is 15.9 Å². The lowest BCUT2D eigenvalue weighted by Crippen LogP contribution is -2.08. The zero-order valence-corrected chi connectivity index (χ0v) is 9.02. The number of primary amides is 1. The number of carbonyl (C=O) groups excluding carboxylic acids is 2. The highest BCUT2D eigenvalue weighted by molar-refractivity contribution is 6.02. The lowest BCUT2D eigenvalue weighted by Gasteiger charge is -2.02. The minimum Gasteiger partial charge on any atom is -0.465 e. The van der Waals surface area contributed by atoms with Crippen molar-refractivity contribution in [2.24, 2.45) is 5.73 Å². The first kappa shape index (κ1) is 11.0. The van der Waals surface area contributed by atoms with E-state index in [1.54, 1.807) is 0 Å². The van der Waals surface area contributed by atoms with E-state index in [0.717, 1.165) is 0 Å². The minimum atomic E-state index is -0.681. The monoisotopic (exact) mass is 234 g/mol. The predicted octanol–water partition coefficient (Wildman–Crippen LogP) is 0.901. The summed E-state index contributed by atoms with van der Waals surface area (Å²) in [5, 5.41) is 0.601. The van der Waals surface area contributed by atoms with Crippen molar-refractivity contribution in [2.45, 2.75) is 0 Å². The van der Waals surface area contributed by atoms with E-state index in [1.165, 1.54) is 25.3 Å². The summed E-state index contributed by atoms with van der Waals surface area (Å²) in [4.78, 5) is 22.3. The van der Waals surface area contributed by atoms with Crippen LogP contribution in [-0.2, 0) is 4.74 Å². The molecule has 0 fully saturated rings. The van der Waals surface area contributed by atoms with E-state index in [-0.39, 0.29) is 17.0 Å². The van der Waals surface area contributed by atoms with Gasteiger partial charge in [-0.05, 0) is 18.2 Å². The molecule has 2 rings (SSSR count). The van der Waals surface area contributed by atoms with Gasteiger partial charge < -0.3 is 20.6 Å². The molecular weight excluding hydrogens is 224 g/mol. The quantitative estimate of drug-likeness (QED) is 0.592. The van der Waals surface area contributed by atoms with Gasteiger partial charge in [0.05, 0.1) is 12.7 Å². The standard InChI is InChI=1S/C11H10N2O4/c1-16-11(15)6-4-8-5(2-7(6)12)3-9(17-8)10(13)14/h2-4H,12H2,1H3,(H2,13,14). The van der Waals surface area contributed by atoms with Crippen LogP contribution in [-0.4, -0.2) is 19.0 Å². The Morgan fingerprint density at radius 3 is 2.59 bits per heavy atom. The number of nitrogen functional groups attached to an aromatic ring is 1. The van der Waals surface area contributed by atoms with Gasteiger partial charge in [0.1, 0.15) is 5.58 Å². The third kappa shape index (κ3) is 1.80. The van der Waals surface area contributed by atoms with Gasteiger partial charge in [-0.3, -0.25) is 4.79 Å². The Kier molecular flexibility index (Phi) is 2.47. The number of nitrogens with two attached hydrogens (primary N) is 2. The highest BCUT2D eigenvalue weighted by Gasteiger charge is 2.15. The van der Waals surface area contributed by atoms with Crippen molar-refractivity contribution in [3.63, 3.8) is 0 Å². The van der Waals surface area contributed by atoms with Gasteiger partial charge in [-0.2, -0.15) is 0 Å². The molecule has 1 aromatic carbocycles. The van der Waals surface area contributed by atoms with Gasteiger partial charge in [0.2, 0.25) is 0 Å². The number of fused-ring (bicyclic) bond motifs is 1. The maximum atomic E-state index is 11.4. The van der Waals surface area contributed by atoms with Gasteiger partial charge >= 0.3 is 5.97 Å². The van der Waals surface area contributed by atoms with Crippen molar-refractivity contribution in [3.05, 3.63) is 29.5 Å². The fourth-order valence-electron chi connectivity index (χ4n) is 1.51. The topological polar surface area (TPSA) is 109 Å². The SMILES string of the molecule is COC(=O)c1cc2oc(C(N)=O)cc2cc1N. The first-order valence-electron chi connectivity index (χ1n) is 4.74. The van der Waals surface area contributed by atoms with Gasteiger partial charge in [0, 0.05) is 11.1 Å². The number of hydrogen-bond donors (Lipinski definition) is 2. The van der Waals surface area contributed by atoms with Crippen LogP contribution in [0.1, 0.15) is 20.9 Å². The van der Waals surface area contributed by atoms with Crippen molar-refractivity contribution >= 4 is 28.5 Å². The Hall–Kier alpha value is -2.50. The van der Waals surface area contributed by atoms with Crippen LogP contribution in [0.2, 0.25) is 0 Å². The van der Waals surface area contributed by atoms with Crippen LogP contribution in [0.25, 0.3) is 11.0 Å². The van der Waals surface area contributed by atoms with Crippen molar-refractivity contribution in [3.8, 4) is 0 Å². The molecular formula is C11H10N2O4. The second-order valence-electron chi connectivity index (χ2n) is 3.44. The minimum absolute atomic E-state index is 0.0152. The van der Waals surface area contributed by atoms with Crippen LogP contribution >= 0.6 is 0 Å². The van der Waals surface area contributed by atoms with E-state index in [9.17, 15) is 9.59 Å². The van der Waals surface area contributed by atoms with Crippen LogP contribution in [0, 0.1) is 0 Å². The maximum Gasteiger partial charge on any atom is 0.340 e. The molecule has 88 valence electrons. The summed E-state index contributed by atoms with van der Waals surface area (Å²) in [6.45, 7) is 0. The first-order valence-corrected chi connectivity index (χ1v) is 4.74. The number of amides is 1. The van der Waals surface area contributed by atoms with E-state index < -0.39 is 11.9 Å². The molecule has 17 heavy (non-hydrogen) atoms. The Morgan fingerprint density at radius 2 is 2.00 bits per heavy atom. The van der Waals surface area contributed by atoms with Gasteiger partial charge in [-0.1, -0.05) is 0 Å². The van der Waals surface area contributed by atoms with Crippen molar-refractivity contribution in [1.82, 2.24) is 0 Å².